The Morgan fingerprint density at radius 2 is 1.75 bits per heavy atom. The maximum atomic E-state index is 11.6. The molecule has 2 amide bonds. The molecule has 0 aromatic rings. The number of carbonyl (C=O) groups is 3. The van der Waals surface area contributed by atoms with Gasteiger partial charge in [0.2, 0.25) is 0 Å². The highest BCUT2D eigenvalue weighted by Crippen LogP contribution is 2.17. The van der Waals surface area contributed by atoms with E-state index in [1.54, 1.807) is 20.8 Å². The molecule has 0 saturated carbocycles. The van der Waals surface area contributed by atoms with E-state index in [1.807, 2.05) is 0 Å². The number of nitrogens with one attached hydrogen (secondary N) is 2. The van der Waals surface area contributed by atoms with Crippen molar-refractivity contribution < 1.29 is 19.5 Å². The van der Waals surface area contributed by atoms with Gasteiger partial charge in [-0.25, -0.2) is 9.59 Å². The van der Waals surface area contributed by atoms with Crippen LogP contribution in [0.25, 0.3) is 0 Å². The highest BCUT2D eigenvalue weighted by molar-refractivity contribution is 5.91. The number of hydrogen-bond donors (Lipinski definition) is 3. The summed E-state index contributed by atoms with van der Waals surface area (Å²) in [6.45, 7) is 5.11. The van der Waals surface area contributed by atoms with Crippen molar-refractivity contribution in [1.29, 1.82) is 0 Å². The van der Waals surface area contributed by atoms with Gasteiger partial charge in [-0.05, 0) is 0 Å². The molecule has 0 heterocycles. The molecule has 0 aromatic heterocycles. The third-order valence-electron chi connectivity index (χ3n) is 2.06. The SMILES string of the molecule is CNC(=O)NC(CC(=O)C(C)(C)C)C(=O)O. The van der Waals surface area contributed by atoms with Crippen molar-refractivity contribution in [3.8, 4) is 0 Å². The molecule has 6 nitrogen and oxygen atoms in total. The molecule has 0 rings (SSSR count). The van der Waals surface area contributed by atoms with Crippen molar-refractivity contribution in [1.82, 2.24) is 10.6 Å². The minimum Gasteiger partial charge on any atom is -0.480 e. The second-order valence-corrected chi connectivity index (χ2v) is 4.49. The molecule has 0 aliphatic rings. The van der Waals surface area contributed by atoms with Gasteiger partial charge in [0, 0.05) is 18.9 Å². The Kier molecular flexibility index (Phi) is 4.94. The predicted molar refractivity (Wildman–Crippen MR) is 58.1 cm³/mol. The Bertz CT molecular complexity index is 294. The molecule has 0 aliphatic heterocycles. The third kappa shape index (κ3) is 4.77. The third-order valence-corrected chi connectivity index (χ3v) is 2.06. The first kappa shape index (κ1) is 14.4. The summed E-state index contributed by atoms with van der Waals surface area (Å²) in [5.74, 6) is -1.43. The van der Waals surface area contributed by atoms with E-state index in [9.17, 15) is 14.4 Å². The molecule has 1 unspecified atom stereocenters. The fourth-order valence-corrected chi connectivity index (χ4v) is 0.922. The fraction of sp³-hybridized carbons (Fsp3) is 0.700. The molecule has 0 spiro atoms. The number of aliphatic carboxylic acids is 1. The van der Waals surface area contributed by atoms with Crippen LogP contribution in [0, 0.1) is 5.41 Å². The van der Waals surface area contributed by atoms with Gasteiger partial charge in [0.05, 0.1) is 0 Å². The van der Waals surface area contributed by atoms with Crippen LogP contribution in [0.2, 0.25) is 0 Å². The summed E-state index contributed by atoms with van der Waals surface area (Å²) in [6, 6.07) is -1.80. The van der Waals surface area contributed by atoms with Gasteiger partial charge in [0.25, 0.3) is 0 Å². The van der Waals surface area contributed by atoms with Gasteiger partial charge < -0.3 is 15.7 Å². The molecule has 0 aromatic carbocycles. The predicted octanol–water partition coefficient (Wildman–Crippen LogP) is 0.374. The number of rotatable bonds is 4. The molecule has 0 radical (unpaired) electrons. The largest absolute Gasteiger partial charge is 0.480 e. The zero-order valence-electron chi connectivity index (χ0n) is 9.96. The van der Waals surface area contributed by atoms with Crippen LogP contribution >= 0.6 is 0 Å². The number of urea groups is 1. The molecule has 0 fully saturated rings. The van der Waals surface area contributed by atoms with Crippen molar-refractivity contribution in [2.75, 3.05) is 7.05 Å². The highest BCUT2D eigenvalue weighted by atomic mass is 16.4. The number of Topliss-reactive ketones (excluding diaryl/α,β-unsaturated/α-hetero) is 1. The van der Waals surface area contributed by atoms with E-state index in [2.05, 4.69) is 10.6 Å². The maximum Gasteiger partial charge on any atom is 0.326 e. The number of carbonyl (C=O) groups excluding carboxylic acids is 2. The normalized spacial score (nSPS) is 12.8. The molecule has 6 heteroatoms. The summed E-state index contributed by atoms with van der Waals surface area (Å²) in [7, 11) is 1.37. The van der Waals surface area contributed by atoms with Crippen molar-refractivity contribution in [3.05, 3.63) is 0 Å². The van der Waals surface area contributed by atoms with Crippen LogP contribution in [0.1, 0.15) is 27.2 Å². The summed E-state index contributed by atoms with van der Waals surface area (Å²) >= 11 is 0. The van der Waals surface area contributed by atoms with E-state index < -0.39 is 23.5 Å². The standard InChI is InChI=1S/C10H18N2O4/c1-10(2,3)7(13)5-6(8(14)15)12-9(16)11-4/h6H,5H2,1-4H3,(H,14,15)(H2,11,12,16). The Morgan fingerprint density at radius 3 is 2.06 bits per heavy atom. The van der Waals surface area contributed by atoms with E-state index in [1.165, 1.54) is 7.05 Å². The molecule has 3 N–H and O–H groups in total. The summed E-state index contributed by atoms with van der Waals surface area (Å²) in [5.41, 5.74) is -0.613. The van der Waals surface area contributed by atoms with Crippen LogP contribution in [0.15, 0.2) is 0 Å². The lowest BCUT2D eigenvalue weighted by molar-refractivity contribution is -0.142. The first-order valence-electron chi connectivity index (χ1n) is 4.93. The summed E-state index contributed by atoms with van der Waals surface area (Å²) in [6.07, 6.45) is -0.216. The van der Waals surface area contributed by atoms with Gasteiger partial charge in [0.15, 0.2) is 0 Å². The van der Waals surface area contributed by atoms with Gasteiger partial charge in [-0.15, -0.1) is 0 Å². The number of hydrogen-bond acceptors (Lipinski definition) is 3. The minimum atomic E-state index is -1.22. The first-order valence-corrected chi connectivity index (χ1v) is 4.93. The zero-order valence-corrected chi connectivity index (χ0v) is 9.96. The van der Waals surface area contributed by atoms with Gasteiger partial charge in [-0.1, -0.05) is 20.8 Å². The molecule has 1 atom stereocenters. The van der Waals surface area contributed by atoms with Crippen LogP contribution in [0.5, 0.6) is 0 Å². The molecule has 92 valence electrons. The average molecular weight is 230 g/mol. The second kappa shape index (κ2) is 5.48. The van der Waals surface area contributed by atoms with E-state index in [-0.39, 0.29) is 12.2 Å². The lowest BCUT2D eigenvalue weighted by Gasteiger charge is -2.20. The van der Waals surface area contributed by atoms with Crippen LogP contribution in [-0.4, -0.2) is 36.0 Å². The monoisotopic (exact) mass is 230 g/mol. The molecule has 0 bridgehead atoms. The molecule has 16 heavy (non-hydrogen) atoms. The minimum absolute atomic E-state index is 0.212. The lowest BCUT2D eigenvalue weighted by atomic mass is 9.87. The van der Waals surface area contributed by atoms with E-state index in [4.69, 9.17) is 5.11 Å². The van der Waals surface area contributed by atoms with Crippen LogP contribution in [0.4, 0.5) is 4.79 Å². The number of carboxylic acids is 1. The number of amides is 2. The molecular weight excluding hydrogens is 212 g/mol. The Hall–Kier alpha value is -1.59. The quantitative estimate of drug-likeness (QED) is 0.650. The Balaban J connectivity index is 4.53. The van der Waals surface area contributed by atoms with Crippen LogP contribution < -0.4 is 10.6 Å². The average Bonchev–Trinajstić information content (AvgIpc) is 2.14. The van der Waals surface area contributed by atoms with Gasteiger partial charge in [-0.2, -0.15) is 0 Å². The Labute approximate surface area is 94.4 Å². The second-order valence-electron chi connectivity index (χ2n) is 4.49. The zero-order chi connectivity index (χ0) is 12.9. The number of carboxylic acid groups (broad SMARTS) is 1. The number of ketones is 1. The smallest absolute Gasteiger partial charge is 0.326 e. The maximum absolute atomic E-state index is 11.6. The van der Waals surface area contributed by atoms with Crippen molar-refractivity contribution in [2.24, 2.45) is 5.41 Å². The first-order chi connectivity index (χ1) is 7.18. The Morgan fingerprint density at radius 1 is 1.25 bits per heavy atom. The van der Waals surface area contributed by atoms with Gasteiger partial charge in [0.1, 0.15) is 11.8 Å². The van der Waals surface area contributed by atoms with Crippen molar-refractivity contribution in [3.63, 3.8) is 0 Å². The summed E-state index contributed by atoms with van der Waals surface area (Å²) in [5, 5.41) is 13.3. The van der Waals surface area contributed by atoms with Gasteiger partial charge in [-0.3, -0.25) is 4.79 Å². The van der Waals surface area contributed by atoms with E-state index >= 15 is 0 Å². The summed E-state index contributed by atoms with van der Waals surface area (Å²) in [4.78, 5) is 33.4. The van der Waals surface area contributed by atoms with E-state index in [0.717, 1.165) is 0 Å². The van der Waals surface area contributed by atoms with Crippen LogP contribution in [0.3, 0.4) is 0 Å². The fourth-order valence-electron chi connectivity index (χ4n) is 0.922. The van der Waals surface area contributed by atoms with Crippen molar-refractivity contribution in [2.45, 2.75) is 33.2 Å². The van der Waals surface area contributed by atoms with Gasteiger partial charge >= 0.3 is 12.0 Å². The lowest BCUT2D eigenvalue weighted by Crippen LogP contribution is -2.47. The molecule has 0 aliphatic carbocycles. The molecular formula is C10H18N2O4. The topological polar surface area (TPSA) is 95.5 Å². The van der Waals surface area contributed by atoms with E-state index in [0.29, 0.717) is 0 Å². The molecule has 0 saturated heterocycles. The van der Waals surface area contributed by atoms with Crippen molar-refractivity contribution >= 4 is 17.8 Å². The summed E-state index contributed by atoms with van der Waals surface area (Å²) < 4.78 is 0. The van der Waals surface area contributed by atoms with Crippen LogP contribution in [-0.2, 0) is 9.59 Å². The highest BCUT2D eigenvalue weighted by Gasteiger charge is 2.29.